The van der Waals surface area contributed by atoms with Crippen molar-refractivity contribution in [3.63, 3.8) is 0 Å². The number of hydrogen-bond acceptors (Lipinski definition) is 3. The third kappa shape index (κ3) is 7.34. The lowest BCUT2D eigenvalue weighted by Crippen LogP contribution is -2.23. The van der Waals surface area contributed by atoms with Gasteiger partial charge in [-0.1, -0.05) is 32.0 Å². The molecule has 1 aromatic rings. The zero-order valence-electron chi connectivity index (χ0n) is 12.6. The van der Waals surface area contributed by atoms with Crippen molar-refractivity contribution in [2.45, 2.75) is 39.5 Å². The minimum Gasteiger partial charge on any atom is -0.491 e. The maximum Gasteiger partial charge on any atom is 0.411 e. The number of ether oxygens (including phenoxy) is 2. The van der Waals surface area contributed by atoms with Crippen molar-refractivity contribution in [1.82, 2.24) is 5.32 Å². The quantitative estimate of drug-likeness (QED) is 0.746. The lowest BCUT2D eigenvalue weighted by Gasteiger charge is -2.16. The van der Waals surface area contributed by atoms with Gasteiger partial charge in [-0.15, -0.1) is 0 Å². The Morgan fingerprint density at radius 3 is 2.52 bits per heavy atom. The molecule has 0 aromatic heterocycles. The van der Waals surface area contributed by atoms with Gasteiger partial charge in [-0.05, 0) is 12.5 Å². The molecule has 21 heavy (non-hydrogen) atoms. The molecule has 1 aromatic carbocycles. The average Bonchev–Trinajstić information content (AvgIpc) is 2.36. The highest BCUT2D eigenvalue weighted by Crippen LogP contribution is 2.23. The van der Waals surface area contributed by atoms with E-state index in [0.717, 1.165) is 11.1 Å². The van der Waals surface area contributed by atoms with E-state index in [0.29, 0.717) is 18.3 Å². The molecule has 0 saturated carbocycles. The molecule has 0 saturated heterocycles. The number of halogens is 3. The molecule has 0 aliphatic heterocycles. The highest BCUT2D eigenvalue weighted by molar-refractivity contribution is 5.40. The van der Waals surface area contributed by atoms with E-state index >= 15 is 0 Å². The maximum atomic E-state index is 11.9. The van der Waals surface area contributed by atoms with Gasteiger partial charge < -0.3 is 14.8 Å². The zero-order valence-corrected chi connectivity index (χ0v) is 12.6. The van der Waals surface area contributed by atoms with Crippen LogP contribution in [0.2, 0.25) is 0 Å². The van der Waals surface area contributed by atoms with Gasteiger partial charge in [0.2, 0.25) is 0 Å². The lowest BCUT2D eigenvalue weighted by atomic mass is 10.1. The van der Waals surface area contributed by atoms with Gasteiger partial charge in [0.05, 0.1) is 6.61 Å². The van der Waals surface area contributed by atoms with Crippen LogP contribution in [0.15, 0.2) is 18.2 Å². The van der Waals surface area contributed by atoms with Crippen molar-refractivity contribution >= 4 is 0 Å². The van der Waals surface area contributed by atoms with Gasteiger partial charge >= 0.3 is 6.18 Å². The third-order valence-corrected chi connectivity index (χ3v) is 2.73. The minimum absolute atomic E-state index is 0.0924. The van der Waals surface area contributed by atoms with Crippen LogP contribution in [0.5, 0.6) is 5.75 Å². The maximum absolute atomic E-state index is 11.9. The fourth-order valence-electron chi connectivity index (χ4n) is 1.76. The summed E-state index contributed by atoms with van der Waals surface area (Å²) < 4.78 is 45.9. The van der Waals surface area contributed by atoms with E-state index in [1.54, 1.807) is 0 Å². The number of benzene rings is 1. The van der Waals surface area contributed by atoms with Gasteiger partial charge in [0.25, 0.3) is 0 Å². The highest BCUT2D eigenvalue weighted by Gasteiger charge is 2.27. The number of rotatable bonds is 8. The second-order valence-electron chi connectivity index (χ2n) is 5.11. The van der Waals surface area contributed by atoms with Crippen molar-refractivity contribution < 1.29 is 22.6 Å². The molecule has 0 aliphatic carbocycles. The fraction of sp³-hybridized carbons (Fsp3) is 0.600. The molecule has 0 fully saturated rings. The van der Waals surface area contributed by atoms with Gasteiger partial charge in [0, 0.05) is 18.2 Å². The van der Waals surface area contributed by atoms with Gasteiger partial charge in [-0.3, -0.25) is 0 Å². The lowest BCUT2D eigenvalue weighted by molar-refractivity contribution is -0.175. The summed E-state index contributed by atoms with van der Waals surface area (Å²) in [5.41, 5.74) is 1.94. The van der Waals surface area contributed by atoms with Crippen LogP contribution in [-0.2, 0) is 11.3 Å². The molecular formula is C15H22F3NO2. The molecule has 0 heterocycles. The predicted octanol–water partition coefficient (Wildman–Crippen LogP) is 3.45. The Balaban J connectivity index is 2.49. The Morgan fingerprint density at radius 1 is 1.19 bits per heavy atom. The van der Waals surface area contributed by atoms with E-state index in [4.69, 9.17) is 4.74 Å². The molecule has 0 amide bonds. The van der Waals surface area contributed by atoms with Gasteiger partial charge in [-0.2, -0.15) is 13.2 Å². The minimum atomic E-state index is -4.30. The molecule has 1 rings (SSSR count). The molecule has 120 valence electrons. The van der Waals surface area contributed by atoms with Crippen molar-refractivity contribution in [1.29, 1.82) is 0 Å². The number of nitrogens with one attached hydrogen (secondary N) is 1. The average molecular weight is 305 g/mol. The second kappa shape index (κ2) is 8.24. The number of aryl methyl sites for hydroxylation is 1. The summed E-state index contributed by atoms with van der Waals surface area (Å²) in [6, 6.07) is 6.12. The van der Waals surface area contributed by atoms with Crippen LogP contribution in [0.1, 0.15) is 25.0 Å². The fourth-order valence-corrected chi connectivity index (χ4v) is 1.76. The van der Waals surface area contributed by atoms with E-state index in [9.17, 15) is 13.2 Å². The molecule has 0 radical (unpaired) electrons. The molecule has 6 heteroatoms. The van der Waals surface area contributed by atoms with Crippen LogP contribution in [0.4, 0.5) is 13.2 Å². The van der Waals surface area contributed by atoms with Crippen LogP contribution in [-0.4, -0.2) is 32.0 Å². The second-order valence-corrected chi connectivity index (χ2v) is 5.11. The first-order chi connectivity index (χ1) is 9.79. The predicted molar refractivity (Wildman–Crippen MR) is 75.5 cm³/mol. The van der Waals surface area contributed by atoms with Gasteiger partial charge in [-0.25, -0.2) is 0 Å². The molecule has 0 atom stereocenters. The molecule has 0 unspecified atom stereocenters. The normalized spacial score (nSPS) is 12.0. The van der Waals surface area contributed by atoms with Crippen LogP contribution in [0.25, 0.3) is 0 Å². The molecule has 0 aliphatic rings. The summed E-state index contributed by atoms with van der Waals surface area (Å²) in [6.07, 6.45) is -4.30. The van der Waals surface area contributed by atoms with Crippen molar-refractivity contribution in [2.24, 2.45) is 0 Å². The highest BCUT2D eigenvalue weighted by atomic mass is 19.4. The third-order valence-electron chi connectivity index (χ3n) is 2.73. The first-order valence-corrected chi connectivity index (χ1v) is 6.89. The topological polar surface area (TPSA) is 30.5 Å². The van der Waals surface area contributed by atoms with Crippen LogP contribution >= 0.6 is 0 Å². The van der Waals surface area contributed by atoms with E-state index in [2.05, 4.69) is 10.1 Å². The summed E-state index contributed by atoms with van der Waals surface area (Å²) in [7, 11) is 0. The summed E-state index contributed by atoms with van der Waals surface area (Å²) in [4.78, 5) is 0. The van der Waals surface area contributed by atoms with Gasteiger partial charge in [0.15, 0.2) is 0 Å². The van der Waals surface area contributed by atoms with Crippen molar-refractivity contribution in [3.05, 3.63) is 29.3 Å². The van der Waals surface area contributed by atoms with E-state index < -0.39 is 12.8 Å². The molecular weight excluding hydrogens is 283 g/mol. The Bertz CT molecular complexity index is 433. The van der Waals surface area contributed by atoms with Crippen LogP contribution in [0.3, 0.4) is 0 Å². The summed E-state index contributed by atoms with van der Waals surface area (Å²) in [5, 5.41) is 3.29. The SMILES string of the molecule is Cc1cccc(CNC(C)C)c1OCCOCC(F)(F)F. The molecule has 0 bridgehead atoms. The summed E-state index contributed by atoms with van der Waals surface area (Å²) in [5.74, 6) is 0.709. The number of hydrogen-bond donors (Lipinski definition) is 1. The van der Waals surface area contributed by atoms with E-state index in [1.807, 2.05) is 39.0 Å². The Hall–Kier alpha value is -1.27. The smallest absolute Gasteiger partial charge is 0.411 e. The Labute approximate surface area is 123 Å². The zero-order chi connectivity index (χ0) is 15.9. The number of para-hydroxylation sites is 1. The monoisotopic (exact) mass is 305 g/mol. The molecule has 0 spiro atoms. The van der Waals surface area contributed by atoms with E-state index in [-0.39, 0.29) is 13.2 Å². The summed E-state index contributed by atoms with van der Waals surface area (Å²) >= 11 is 0. The molecule has 3 nitrogen and oxygen atoms in total. The van der Waals surface area contributed by atoms with Crippen LogP contribution in [0, 0.1) is 6.92 Å². The first kappa shape index (κ1) is 17.8. The Morgan fingerprint density at radius 2 is 1.90 bits per heavy atom. The van der Waals surface area contributed by atoms with Crippen molar-refractivity contribution in [3.8, 4) is 5.75 Å². The number of alkyl halides is 3. The van der Waals surface area contributed by atoms with E-state index in [1.165, 1.54) is 0 Å². The summed E-state index contributed by atoms with van der Waals surface area (Å²) in [6.45, 7) is 5.40. The standard InChI is InChI=1S/C15H22F3NO2/c1-11(2)19-9-13-6-4-5-12(3)14(13)21-8-7-20-10-15(16,17)18/h4-6,11,19H,7-10H2,1-3H3. The van der Waals surface area contributed by atoms with Crippen molar-refractivity contribution in [2.75, 3.05) is 19.8 Å². The van der Waals surface area contributed by atoms with Crippen LogP contribution < -0.4 is 10.1 Å². The Kier molecular flexibility index (Phi) is 6.98. The van der Waals surface area contributed by atoms with Gasteiger partial charge in [0.1, 0.15) is 19.0 Å². The molecule has 1 N–H and O–H groups in total. The largest absolute Gasteiger partial charge is 0.491 e. The first-order valence-electron chi connectivity index (χ1n) is 6.89.